The van der Waals surface area contributed by atoms with Crippen LogP contribution in [0.3, 0.4) is 0 Å². The normalized spacial score (nSPS) is 11.8. The summed E-state index contributed by atoms with van der Waals surface area (Å²) in [5, 5.41) is 4.06. The zero-order chi connectivity index (χ0) is 15.4. The molecule has 0 spiro atoms. The third kappa shape index (κ3) is 3.25. The molecule has 3 rings (SSSR count). The van der Waals surface area contributed by atoms with Gasteiger partial charge in [0.05, 0.1) is 0 Å². The zero-order valence-electron chi connectivity index (χ0n) is 12.0. The highest BCUT2D eigenvalue weighted by atomic mass is 19.1. The predicted octanol–water partition coefficient (Wildman–Crippen LogP) is 3.28. The van der Waals surface area contributed by atoms with Gasteiger partial charge in [-0.2, -0.15) is 0 Å². The number of benzene rings is 2. The Morgan fingerprint density at radius 3 is 2.82 bits per heavy atom. The summed E-state index contributed by atoms with van der Waals surface area (Å²) < 4.78 is 13.1. The van der Waals surface area contributed by atoms with Gasteiger partial charge in [0.1, 0.15) is 5.82 Å². The number of nitrogens with two attached hydrogens (primary N) is 1. The van der Waals surface area contributed by atoms with Crippen LogP contribution < -0.4 is 11.1 Å². The number of fused-ring (bicyclic) bond motifs is 1. The maximum Gasteiger partial charge on any atom is 0.193 e. The van der Waals surface area contributed by atoms with Crippen molar-refractivity contribution in [3.63, 3.8) is 0 Å². The van der Waals surface area contributed by atoms with E-state index < -0.39 is 0 Å². The van der Waals surface area contributed by atoms with Crippen molar-refractivity contribution in [3.05, 3.63) is 66.1 Å². The molecule has 0 bridgehead atoms. The minimum absolute atomic E-state index is 0.241. The highest BCUT2D eigenvalue weighted by Gasteiger charge is 2.04. The Labute approximate surface area is 127 Å². The van der Waals surface area contributed by atoms with Crippen LogP contribution in [0.1, 0.15) is 5.56 Å². The first-order valence-corrected chi connectivity index (χ1v) is 7.10. The van der Waals surface area contributed by atoms with E-state index in [0.29, 0.717) is 12.5 Å². The number of aromatic nitrogens is 1. The molecule has 0 radical (unpaired) electrons. The van der Waals surface area contributed by atoms with Crippen molar-refractivity contribution in [2.75, 3.05) is 11.9 Å². The molecule has 22 heavy (non-hydrogen) atoms. The second-order valence-electron chi connectivity index (χ2n) is 5.01. The summed E-state index contributed by atoms with van der Waals surface area (Å²) in [4.78, 5) is 7.39. The molecule has 5 heteroatoms. The Morgan fingerprint density at radius 2 is 2.00 bits per heavy atom. The summed E-state index contributed by atoms with van der Waals surface area (Å²) >= 11 is 0. The standard InChI is InChI=1S/C17H17FN4/c18-13-6-7-15-12(11-21-16(15)10-13)8-9-20-17(19)22-14-4-2-1-3-5-14/h1-7,10-11,21H,8-9H2,(H3,19,20,22). The van der Waals surface area contributed by atoms with E-state index in [1.54, 1.807) is 6.07 Å². The van der Waals surface area contributed by atoms with E-state index in [-0.39, 0.29) is 5.82 Å². The molecule has 4 N–H and O–H groups in total. The second kappa shape index (κ2) is 6.30. The fourth-order valence-electron chi connectivity index (χ4n) is 2.37. The smallest absolute Gasteiger partial charge is 0.193 e. The van der Waals surface area contributed by atoms with Crippen molar-refractivity contribution >= 4 is 22.5 Å². The Kier molecular flexibility index (Phi) is 4.05. The number of hydrogen-bond acceptors (Lipinski definition) is 1. The molecule has 0 aliphatic carbocycles. The van der Waals surface area contributed by atoms with Crippen LogP contribution in [0.15, 0.2) is 59.7 Å². The molecule has 0 atom stereocenters. The number of aliphatic imine (C=N–C) groups is 1. The molecule has 0 aliphatic rings. The van der Waals surface area contributed by atoms with Gasteiger partial charge in [-0.25, -0.2) is 4.39 Å². The molecular formula is C17H17FN4. The van der Waals surface area contributed by atoms with Gasteiger partial charge in [0.15, 0.2) is 5.96 Å². The van der Waals surface area contributed by atoms with Crippen LogP contribution in [-0.2, 0) is 6.42 Å². The van der Waals surface area contributed by atoms with E-state index in [9.17, 15) is 4.39 Å². The van der Waals surface area contributed by atoms with Gasteiger partial charge in [0.25, 0.3) is 0 Å². The number of hydrogen-bond donors (Lipinski definition) is 3. The topological polar surface area (TPSA) is 66.2 Å². The molecular weight excluding hydrogens is 279 g/mol. The molecule has 0 unspecified atom stereocenters. The van der Waals surface area contributed by atoms with Gasteiger partial charge >= 0.3 is 0 Å². The van der Waals surface area contributed by atoms with E-state index in [4.69, 9.17) is 5.73 Å². The van der Waals surface area contributed by atoms with Gasteiger partial charge in [-0.1, -0.05) is 18.2 Å². The molecule has 0 aliphatic heterocycles. The summed E-state index contributed by atoms with van der Waals surface area (Å²) in [6, 6.07) is 14.4. The monoisotopic (exact) mass is 296 g/mol. The number of anilines is 1. The molecule has 1 heterocycles. The molecule has 0 saturated carbocycles. The van der Waals surface area contributed by atoms with Crippen molar-refractivity contribution in [1.82, 2.24) is 4.98 Å². The SMILES string of the molecule is NC(=NCCc1c[nH]c2cc(F)ccc12)Nc1ccccc1. The molecule has 1 aromatic heterocycles. The lowest BCUT2D eigenvalue weighted by Crippen LogP contribution is -2.22. The Hall–Kier alpha value is -2.82. The molecule has 2 aromatic carbocycles. The predicted molar refractivity (Wildman–Crippen MR) is 88.5 cm³/mol. The summed E-state index contributed by atoms with van der Waals surface area (Å²) in [6.45, 7) is 0.565. The van der Waals surface area contributed by atoms with E-state index in [0.717, 1.165) is 28.6 Å². The lowest BCUT2D eigenvalue weighted by Gasteiger charge is -2.04. The fraction of sp³-hybridized carbons (Fsp3) is 0.118. The second-order valence-corrected chi connectivity index (χ2v) is 5.01. The first-order chi connectivity index (χ1) is 10.7. The summed E-state index contributed by atoms with van der Waals surface area (Å²) in [7, 11) is 0. The van der Waals surface area contributed by atoms with Gasteiger partial charge in [-0.15, -0.1) is 0 Å². The average molecular weight is 296 g/mol. The largest absolute Gasteiger partial charge is 0.370 e. The Balaban J connectivity index is 1.63. The summed E-state index contributed by atoms with van der Waals surface area (Å²) in [6.07, 6.45) is 2.63. The summed E-state index contributed by atoms with van der Waals surface area (Å²) in [5.74, 6) is 0.146. The van der Waals surface area contributed by atoms with Crippen molar-refractivity contribution in [1.29, 1.82) is 0 Å². The molecule has 3 aromatic rings. The molecule has 112 valence electrons. The lowest BCUT2D eigenvalue weighted by molar-refractivity contribution is 0.629. The van der Waals surface area contributed by atoms with Gasteiger partial charge in [0.2, 0.25) is 0 Å². The van der Waals surface area contributed by atoms with Crippen molar-refractivity contribution in [3.8, 4) is 0 Å². The number of rotatable bonds is 4. The van der Waals surface area contributed by atoms with Gasteiger partial charge < -0.3 is 16.0 Å². The quantitative estimate of drug-likeness (QED) is 0.511. The minimum Gasteiger partial charge on any atom is -0.370 e. The third-order valence-corrected chi connectivity index (χ3v) is 3.44. The average Bonchev–Trinajstić information content (AvgIpc) is 2.90. The van der Waals surface area contributed by atoms with E-state index in [2.05, 4.69) is 15.3 Å². The molecule has 0 fully saturated rings. The van der Waals surface area contributed by atoms with Gasteiger partial charge in [0, 0.05) is 29.3 Å². The molecule has 4 nitrogen and oxygen atoms in total. The number of nitrogens with zero attached hydrogens (tertiary/aromatic N) is 1. The number of halogens is 1. The van der Waals surface area contributed by atoms with E-state index in [1.807, 2.05) is 36.5 Å². The van der Waals surface area contributed by atoms with Crippen LogP contribution in [0.25, 0.3) is 10.9 Å². The first-order valence-electron chi connectivity index (χ1n) is 7.10. The number of aromatic amines is 1. The van der Waals surface area contributed by atoms with Crippen molar-refractivity contribution in [2.24, 2.45) is 10.7 Å². The first kappa shape index (κ1) is 14.1. The van der Waals surface area contributed by atoms with E-state index >= 15 is 0 Å². The molecule has 0 saturated heterocycles. The zero-order valence-corrected chi connectivity index (χ0v) is 12.0. The number of nitrogens with one attached hydrogen (secondary N) is 2. The number of para-hydroxylation sites is 1. The number of guanidine groups is 1. The van der Waals surface area contributed by atoms with Crippen LogP contribution in [0, 0.1) is 5.82 Å². The lowest BCUT2D eigenvalue weighted by atomic mass is 10.1. The Morgan fingerprint density at radius 1 is 1.18 bits per heavy atom. The highest BCUT2D eigenvalue weighted by molar-refractivity contribution is 5.92. The minimum atomic E-state index is -0.241. The maximum absolute atomic E-state index is 13.1. The van der Waals surface area contributed by atoms with Crippen molar-refractivity contribution in [2.45, 2.75) is 6.42 Å². The molecule has 0 amide bonds. The highest BCUT2D eigenvalue weighted by Crippen LogP contribution is 2.19. The summed E-state index contributed by atoms with van der Waals surface area (Å²) in [5.41, 5.74) is 8.67. The van der Waals surface area contributed by atoms with Crippen LogP contribution in [0.4, 0.5) is 10.1 Å². The third-order valence-electron chi connectivity index (χ3n) is 3.44. The van der Waals surface area contributed by atoms with Crippen LogP contribution in [0.5, 0.6) is 0 Å². The maximum atomic E-state index is 13.1. The van der Waals surface area contributed by atoms with Crippen LogP contribution >= 0.6 is 0 Å². The van der Waals surface area contributed by atoms with Crippen molar-refractivity contribution < 1.29 is 4.39 Å². The fourth-order valence-corrected chi connectivity index (χ4v) is 2.37. The Bertz CT molecular complexity index is 793. The van der Waals surface area contributed by atoms with Gasteiger partial charge in [-0.05, 0) is 42.3 Å². The van der Waals surface area contributed by atoms with Crippen LogP contribution in [0.2, 0.25) is 0 Å². The van der Waals surface area contributed by atoms with E-state index in [1.165, 1.54) is 12.1 Å². The number of H-pyrrole nitrogens is 1. The van der Waals surface area contributed by atoms with Gasteiger partial charge in [-0.3, -0.25) is 4.99 Å². The van der Waals surface area contributed by atoms with Crippen LogP contribution in [-0.4, -0.2) is 17.5 Å².